The normalized spacial score (nSPS) is 18.5. The van der Waals surface area contributed by atoms with E-state index in [1.807, 2.05) is 46.0 Å². The van der Waals surface area contributed by atoms with Crippen LogP contribution in [-0.2, 0) is 9.59 Å². The number of halogens is 1. The van der Waals surface area contributed by atoms with Crippen molar-refractivity contribution in [3.05, 3.63) is 29.3 Å². The smallest absolute Gasteiger partial charge is 0.243 e. The van der Waals surface area contributed by atoms with Gasteiger partial charge in [0.2, 0.25) is 11.8 Å². The molecule has 1 aliphatic heterocycles. The first kappa shape index (κ1) is 22.4. The quantitative estimate of drug-likeness (QED) is 0.702. The van der Waals surface area contributed by atoms with Gasteiger partial charge in [-0.25, -0.2) is 0 Å². The number of amides is 2. The largest absolute Gasteiger partial charge is 0.346 e. The van der Waals surface area contributed by atoms with Crippen LogP contribution in [0.4, 0.5) is 5.69 Å². The fourth-order valence-electron chi connectivity index (χ4n) is 3.27. The molecule has 1 aliphatic rings. The maximum Gasteiger partial charge on any atom is 0.243 e. The summed E-state index contributed by atoms with van der Waals surface area (Å²) in [6, 6.07) is 6.07. The Balaban J connectivity index is 0.00000338. The molecule has 2 amide bonds. The Bertz CT molecular complexity index is 603. The lowest BCUT2D eigenvalue weighted by atomic mass is 10.0. The molecule has 0 saturated carbocycles. The highest BCUT2D eigenvalue weighted by molar-refractivity contribution is 5.96. The second-order valence-electron chi connectivity index (χ2n) is 6.83. The van der Waals surface area contributed by atoms with E-state index in [-0.39, 0.29) is 36.8 Å². The van der Waals surface area contributed by atoms with Gasteiger partial charge in [-0.2, -0.15) is 0 Å². The Kier molecular flexibility index (Phi) is 9.05. The number of likely N-dealkylation sites (tertiary alicyclic amines) is 1. The molecule has 0 aromatic heterocycles. The number of carbonyl (C=O) groups is 2. The van der Waals surface area contributed by atoms with Crippen molar-refractivity contribution in [3.8, 4) is 0 Å². The van der Waals surface area contributed by atoms with Crippen LogP contribution in [0, 0.1) is 13.8 Å². The number of para-hydroxylation sites is 1. The van der Waals surface area contributed by atoms with Crippen molar-refractivity contribution in [2.75, 3.05) is 32.0 Å². The Morgan fingerprint density at radius 1 is 1.27 bits per heavy atom. The number of carbonyl (C=O) groups excluding carboxylic acids is 2. The van der Waals surface area contributed by atoms with E-state index < -0.39 is 0 Å². The van der Waals surface area contributed by atoms with Gasteiger partial charge in [-0.15, -0.1) is 12.4 Å². The number of anilines is 1. The summed E-state index contributed by atoms with van der Waals surface area (Å²) < 4.78 is 0. The highest BCUT2D eigenvalue weighted by atomic mass is 35.5. The van der Waals surface area contributed by atoms with Crippen molar-refractivity contribution in [1.29, 1.82) is 0 Å². The number of likely N-dealkylation sites (N-methyl/N-ethyl adjacent to an activating group) is 1. The number of aryl methyl sites for hydroxylation is 2. The van der Waals surface area contributed by atoms with E-state index in [2.05, 4.69) is 20.9 Å². The predicted octanol–water partition coefficient (Wildman–Crippen LogP) is 1.85. The lowest BCUT2D eigenvalue weighted by Gasteiger charge is -2.35. The molecular formula is C19H31ClN4O2. The first-order chi connectivity index (χ1) is 11.9. The van der Waals surface area contributed by atoms with Crippen molar-refractivity contribution < 1.29 is 9.59 Å². The number of rotatable bonds is 6. The fraction of sp³-hybridized carbons (Fsp3) is 0.579. The maximum absolute atomic E-state index is 12.4. The number of hydrogen-bond acceptors (Lipinski definition) is 4. The van der Waals surface area contributed by atoms with Crippen LogP contribution in [0.15, 0.2) is 18.2 Å². The molecule has 1 aromatic rings. The van der Waals surface area contributed by atoms with E-state index in [0.29, 0.717) is 6.04 Å². The highest BCUT2D eigenvalue weighted by Gasteiger charge is 2.26. The zero-order valence-electron chi connectivity index (χ0n) is 16.1. The summed E-state index contributed by atoms with van der Waals surface area (Å²) in [6.07, 6.45) is 2.22. The van der Waals surface area contributed by atoms with Crippen LogP contribution < -0.4 is 16.0 Å². The topological polar surface area (TPSA) is 73.5 Å². The molecule has 1 heterocycles. The zero-order valence-corrected chi connectivity index (χ0v) is 16.9. The third-order valence-corrected chi connectivity index (χ3v) is 4.96. The first-order valence-electron chi connectivity index (χ1n) is 8.97. The minimum Gasteiger partial charge on any atom is -0.346 e. The monoisotopic (exact) mass is 382 g/mol. The maximum atomic E-state index is 12.4. The van der Waals surface area contributed by atoms with Crippen molar-refractivity contribution >= 4 is 29.9 Å². The van der Waals surface area contributed by atoms with Gasteiger partial charge in [-0.3, -0.25) is 14.5 Å². The average Bonchev–Trinajstić information content (AvgIpc) is 2.62. The second kappa shape index (κ2) is 10.5. The van der Waals surface area contributed by atoms with Gasteiger partial charge in [0.05, 0.1) is 12.6 Å². The lowest BCUT2D eigenvalue weighted by Crippen LogP contribution is -2.53. The fourth-order valence-corrected chi connectivity index (χ4v) is 3.27. The molecule has 3 N–H and O–H groups in total. The zero-order chi connectivity index (χ0) is 18.4. The summed E-state index contributed by atoms with van der Waals surface area (Å²) in [4.78, 5) is 26.7. The van der Waals surface area contributed by atoms with Gasteiger partial charge >= 0.3 is 0 Å². The van der Waals surface area contributed by atoms with Crippen LogP contribution in [0.1, 0.15) is 30.9 Å². The third kappa shape index (κ3) is 5.97. The molecule has 1 saturated heterocycles. The van der Waals surface area contributed by atoms with Crippen LogP contribution in [0.3, 0.4) is 0 Å². The number of benzene rings is 1. The van der Waals surface area contributed by atoms with Crippen molar-refractivity contribution in [1.82, 2.24) is 15.5 Å². The van der Waals surface area contributed by atoms with E-state index in [9.17, 15) is 9.59 Å². The van der Waals surface area contributed by atoms with Gasteiger partial charge < -0.3 is 16.0 Å². The molecule has 1 fully saturated rings. The van der Waals surface area contributed by atoms with Gasteiger partial charge in [-0.1, -0.05) is 18.2 Å². The molecule has 0 spiro atoms. The van der Waals surface area contributed by atoms with Gasteiger partial charge in [0.15, 0.2) is 0 Å². The van der Waals surface area contributed by atoms with Gasteiger partial charge in [0, 0.05) is 18.3 Å². The summed E-state index contributed by atoms with van der Waals surface area (Å²) in [7, 11) is 1.96. The standard InChI is InChI=1S/C19H30N4O2.ClH/c1-13-7-5-8-14(2)18(13)22-17(24)11-21-19(25)15(3)23-10-6-9-16(12-23)20-4;/h5,7-8,15-16,20H,6,9-12H2,1-4H3,(H,21,25)(H,22,24);1H. The molecule has 26 heavy (non-hydrogen) atoms. The molecule has 0 bridgehead atoms. The van der Waals surface area contributed by atoms with E-state index >= 15 is 0 Å². The molecular weight excluding hydrogens is 352 g/mol. The third-order valence-electron chi connectivity index (χ3n) is 4.96. The molecule has 0 radical (unpaired) electrons. The summed E-state index contributed by atoms with van der Waals surface area (Å²) in [5, 5.41) is 8.93. The van der Waals surface area contributed by atoms with Crippen molar-refractivity contribution in [2.24, 2.45) is 0 Å². The predicted molar refractivity (Wildman–Crippen MR) is 108 cm³/mol. The molecule has 146 valence electrons. The second-order valence-corrected chi connectivity index (χ2v) is 6.83. The summed E-state index contributed by atoms with van der Waals surface area (Å²) in [6.45, 7) is 7.58. The Labute approximate surface area is 162 Å². The van der Waals surface area contributed by atoms with Crippen LogP contribution in [-0.4, -0.2) is 55.5 Å². The minimum absolute atomic E-state index is 0. The summed E-state index contributed by atoms with van der Waals surface area (Å²) >= 11 is 0. The molecule has 2 atom stereocenters. The van der Waals surface area contributed by atoms with Gasteiger partial charge in [0.1, 0.15) is 0 Å². The number of piperidine rings is 1. The first-order valence-corrected chi connectivity index (χ1v) is 8.97. The van der Waals surface area contributed by atoms with Gasteiger partial charge in [-0.05, 0) is 58.3 Å². The Morgan fingerprint density at radius 2 is 1.92 bits per heavy atom. The van der Waals surface area contributed by atoms with Crippen LogP contribution in [0.25, 0.3) is 0 Å². The van der Waals surface area contributed by atoms with Crippen LogP contribution >= 0.6 is 12.4 Å². The molecule has 2 unspecified atom stereocenters. The minimum atomic E-state index is -0.232. The Hall–Kier alpha value is -1.63. The SMILES string of the molecule is CNC1CCCN(C(C)C(=O)NCC(=O)Nc2c(C)cccc2C)C1.Cl. The van der Waals surface area contributed by atoms with E-state index in [0.717, 1.165) is 42.7 Å². The van der Waals surface area contributed by atoms with Gasteiger partial charge in [0.25, 0.3) is 0 Å². The number of nitrogens with zero attached hydrogens (tertiary/aromatic N) is 1. The van der Waals surface area contributed by atoms with Crippen LogP contribution in [0.5, 0.6) is 0 Å². The van der Waals surface area contributed by atoms with Crippen LogP contribution in [0.2, 0.25) is 0 Å². The number of hydrogen-bond donors (Lipinski definition) is 3. The van der Waals surface area contributed by atoms with Crippen molar-refractivity contribution in [3.63, 3.8) is 0 Å². The molecule has 6 nitrogen and oxygen atoms in total. The summed E-state index contributed by atoms with van der Waals surface area (Å²) in [5.74, 6) is -0.307. The Morgan fingerprint density at radius 3 is 2.54 bits per heavy atom. The average molecular weight is 383 g/mol. The highest BCUT2D eigenvalue weighted by Crippen LogP contribution is 2.19. The molecule has 1 aromatic carbocycles. The summed E-state index contributed by atoms with van der Waals surface area (Å²) in [5.41, 5.74) is 2.85. The number of nitrogens with one attached hydrogen (secondary N) is 3. The molecule has 0 aliphatic carbocycles. The van der Waals surface area contributed by atoms with E-state index in [4.69, 9.17) is 0 Å². The lowest BCUT2D eigenvalue weighted by molar-refractivity contribution is -0.128. The molecule has 7 heteroatoms. The van der Waals surface area contributed by atoms with Crippen molar-refractivity contribution in [2.45, 2.75) is 45.7 Å². The molecule has 2 rings (SSSR count). The van der Waals surface area contributed by atoms with E-state index in [1.165, 1.54) is 0 Å². The van der Waals surface area contributed by atoms with E-state index in [1.54, 1.807) is 0 Å².